The highest BCUT2D eigenvalue weighted by Gasteiger charge is 2.42. The van der Waals surface area contributed by atoms with Gasteiger partial charge in [0.25, 0.3) is 0 Å². The molecule has 2 atom stereocenters. The second kappa shape index (κ2) is 5.90. The zero-order valence-corrected chi connectivity index (χ0v) is 14.1. The van der Waals surface area contributed by atoms with Crippen LogP contribution in [0.25, 0.3) is 0 Å². The molecule has 24 heavy (non-hydrogen) atoms. The van der Waals surface area contributed by atoms with E-state index in [1.807, 2.05) is 4.90 Å². The number of aromatic nitrogens is 1. The Balaban J connectivity index is 1.59. The van der Waals surface area contributed by atoms with Crippen molar-refractivity contribution in [3.05, 3.63) is 57.6 Å². The Hall–Kier alpha value is -1.85. The molecule has 4 nitrogen and oxygen atoms in total. The maximum atomic E-state index is 13.4. The second-order valence-corrected chi connectivity index (χ2v) is 6.94. The Labute approximate surface area is 148 Å². The molecule has 7 heteroatoms. The van der Waals surface area contributed by atoms with E-state index < -0.39 is 5.95 Å². The predicted molar refractivity (Wildman–Crippen MR) is 91.0 cm³/mol. The normalized spacial score (nSPS) is 21.5. The molecular weight excluding hydrogens is 352 g/mol. The van der Waals surface area contributed by atoms with Gasteiger partial charge in [0.15, 0.2) is 0 Å². The maximum absolute atomic E-state index is 13.4. The molecule has 0 aliphatic carbocycles. The summed E-state index contributed by atoms with van der Waals surface area (Å²) >= 11 is 11.9. The molecule has 124 valence electrons. The highest BCUT2D eigenvalue weighted by atomic mass is 35.5. The number of amides is 2. The number of pyridine rings is 1. The van der Waals surface area contributed by atoms with E-state index in [2.05, 4.69) is 10.3 Å². The minimum absolute atomic E-state index is 0.0605. The van der Waals surface area contributed by atoms with Gasteiger partial charge in [-0.3, -0.25) is 0 Å². The van der Waals surface area contributed by atoms with E-state index in [4.69, 9.17) is 23.2 Å². The van der Waals surface area contributed by atoms with E-state index in [-0.39, 0.29) is 18.1 Å². The third kappa shape index (κ3) is 2.62. The number of hydrogen-bond acceptors (Lipinski definition) is 2. The van der Waals surface area contributed by atoms with Gasteiger partial charge in [0.1, 0.15) is 0 Å². The third-order valence-corrected chi connectivity index (χ3v) is 5.45. The first-order valence-corrected chi connectivity index (χ1v) is 8.47. The fourth-order valence-corrected chi connectivity index (χ4v) is 3.97. The van der Waals surface area contributed by atoms with E-state index >= 15 is 0 Å². The standard InChI is InChI=1S/C17H14Cl2FN3O/c18-13-3-1-10(7-14(13)19)22-17(24)23-11-2-4-15(23)12-8-21-16(20)6-9(12)5-11/h1,3,6-8,11,15H,2,4-5H2,(H,22,24)/t11-,15+/m1/s1. The van der Waals surface area contributed by atoms with Crippen LogP contribution in [0.15, 0.2) is 30.5 Å². The number of benzene rings is 1. The molecule has 2 aliphatic rings. The SMILES string of the molecule is O=C(Nc1ccc(Cl)c(Cl)c1)N1[C@@H]2CC[C@H]1c1cnc(F)cc1C2. The number of nitrogens with one attached hydrogen (secondary N) is 1. The molecule has 0 saturated carbocycles. The Morgan fingerprint density at radius 3 is 2.88 bits per heavy atom. The zero-order chi connectivity index (χ0) is 16.8. The third-order valence-electron chi connectivity index (χ3n) is 4.71. The van der Waals surface area contributed by atoms with Crippen molar-refractivity contribution in [3.63, 3.8) is 0 Å². The van der Waals surface area contributed by atoms with Crippen LogP contribution < -0.4 is 5.32 Å². The largest absolute Gasteiger partial charge is 0.322 e. The lowest BCUT2D eigenvalue weighted by molar-refractivity contribution is 0.179. The number of carbonyl (C=O) groups excluding carboxylic acids is 1. The van der Waals surface area contributed by atoms with Crippen molar-refractivity contribution in [1.29, 1.82) is 0 Å². The fraction of sp³-hybridized carbons (Fsp3) is 0.294. The number of hydrogen-bond donors (Lipinski definition) is 1. The molecule has 1 aromatic carbocycles. The number of halogens is 3. The van der Waals surface area contributed by atoms with E-state index in [1.54, 1.807) is 24.4 Å². The van der Waals surface area contributed by atoms with Gasteiger partial charge < -0.3 is 10.2 Å². The summed E-state index contributed by atoms with van der Waals surface area (Å²) in [6.07, 6.45) is 3.96. The Morgan fingerprint density at radius 2 is 2.08 bits per heavy atom. The van der Waals surface area contributed by atoms with Crippen LogP contribution in [0.1, 0.15) is 30.0 Å². The van der Waals surface area contributed by atoms with Gasteiger partial charge in [-0.05, 0) is 54.7 Å². The summed E-state index contributed by atoms with van der Waals surface area (Å²) in [6.45, 7) is 0. The van der Waals surface area contributed by atoms with Crippen LogP contribution in [0.2, 0.25) is 10.0 Å². The molecule has 1 fully saturated rings. The van der Waals surface area contributed by atoms with Gasteiger partial charge >= 0.3 is 6.03 Å². The van der Waals surface area contributed by atoms with Gasteiger partial charge in [-0.25, -0.2) is 9.78 Å². The van der Waals surface area contributed by atoms with Crippen LogP contribution in [0.5, 0.6) is 0 Å². The molecule has 1 aromatic heterocycles. The average Bonchev–Trinajstić information content (AvgIpc) is 2.86. The van der Waals surface area contributed by atoms with Crippen LogP contribution in [0.3, 0.4) is 0 Å². The molecule has 3 heterocycles. The Morgan fingerprint density at radius 1 is 1.25 bits per heavy atom. The topological polar surface area (TPSA) is 45.2 Å². The quantitative estimate of drug-likeness (QED) is 0.736. The van der Waals surface area contributed by atoms with Gasteiger partial charge in [-0.15, -0.1) is 0 Å². The minimum Gasteiger partial charge on any atom is -0.314 e. The van der Waals surface area contributed by atoms with Crippen molar-refractivity contribution in [2.75, 3.05) is 5.32 Å². The van der Waals surface area contributed by atoms with Crippen LogP contribution in [0.4, 0.5) is 14.9 Å². The molecule has 1 N–H and O–H groups in total. The van der Waals surface area contributed by atoms with Crippen molar-refractivity contribution in [2.24, 2.45) is 0 Å². The van der Waals surface area contributed by atoms with Crippen LogP contribution in [-0.2, 0) is 6.42 Å². The average molecular weight is 366 g/mol. The highest BCUT2D eigenvalue weighted by Crippen LogP contribution is 2.43. The molecular formula is C17H14Cl2FN3O. The van der Waals surface area contributed by atoms with Crippen molar-refractivity contribution in [3.8, 4) is 0 Å². The second-order valence-electron chi connectivity index (χ2n) is 6.12. The number of nitrogens with zero attached hydrogens (tertiary/aromatic N) is 2. The summed E-state index contributed by atoms with van der Waals surface area (Å²) in [4.78, 5) is 18.3. The van der Waals surface area contributed by atoms with Gasteiger partial charge in [0.2, 0.25) is 5.95 Å². The molecule has 0 spiro atoms. The molecule has 0 unspecified atom stereocenters. The summed E-state index contributed by atoms with van der Waals surface area (Å²) in [6, 6.07) is 6.29. The highest BCUT2D eigenvalue weighted by molar-refractivity contribution is 6.42. The van der Waals surface area contributed by atoms with E-state index in [0.717, 1.165) is 24.0 Å². The lowest BCUT2D eigenvalue weighted by Crippen LogP contribution is -2.44. The number of carbonyl (C=O) groups is 1. The van der Waals surface area contributed by atoms with E-state index in [1.165, 1.54) is 6.07 Å². The summed E-state index contributed by atoms with van der Waals surface area (Å²) in [5.41, 5.74) is 2.49. The predicted octanol–water partition coefficient (Wildman–Crippen LogP) is 4.82. The Bertz CT molecular complexity index is 829. The summed E-state index contributed by atoms with van der Waals surface area (Å²) in [5.74, 6) is -0.471. The number of fused-ring (bicyclic) bond motifs is 4. The zero-order valence-electron chi connectivity index (χ0n) is 12.6. The monoisotopic (exact) mass is 365 g/mol. The molecule has 4 rings (SSSR count). The first-order chi connectivity index (χ1) is 11.5. The van der Waals surface area contributed by atoms with Crippen molar-refractivity contribution < 1.29 is 9.18 Å². The minimum atomic E-state index is -0.471. The molecule has 2 aliphatic heterocycles. The van der Waals surface area contributed by atoms with Gasteiger partial charge in [0, 0.05) is 17.9 Å². The molecule has 2 aromatic rings. The summed E-state index contributed by atoms with van der Waals surface area (Å²) in [7, 11) is 0. The van der Waals surface area contributed by atoms with Crippen molar-refractivity contribution >= 4 is 34.9 Å². The molecule has 2 amide bonds. The van der Waals surface area contributed by atoms with Gasteiger partial charge in [-0.2, -0.15) is 4.39 Å². The van der Waals surface area contributed by atoms with Gasteiger partial charge in [-0.1, -0.05) is 23.2 Å². The first-order valence-electron chi connectivity index (χ1n) is 7.71. The van der Waals surface area contributed by atoms with Crippen LogP contribution >= 0.6 is 23.2 Å². The summed E-state index contributed by atoms with van der Waals surface area (Å²) in [5, 5.41) is 3.70. The van der Waals surface area contributed by atoms with Crippen molar-refractivity contribution in [1.82, 2.24) is 9.88 Å². The van der Waals surface area contributed by atoms with E-state index in [9.17, 15) is 9.18 Å². The number of urea groups is 1. The molecule has 0 radical (unpaired) electrons. The smallest absolute Gasteiger partial charge is 0.314 e. The van der Waals surface area contributed by atoms with Crippen LogP contribution in [0, 0.1) is 5.95 Å². The lowest BCUT2D eigenvalue weighted by Gasteiger charge is -2.36. The van der Waals surface area contributed by atoms with Gasteiger partial charge in [0.05, 0.1) is 16.1 Å². The molecule has 1 saturated heterocycles. The molecule has 2 bridgehead atoms. The number of rotatable bonds is 1. The summed E-state index contributed by atoms with van der Waals surface area (Å²) < 4.78 is 13.4. The fourth-order valence-electron chi connectivity index (χ4n) is 3.67. The van der Waals surface area contributed by atoms with Crippen molar-refractivity contribution in [2.45, 2.75) is 31.3 Å². The lowest BCUT2D eigenvalue weighted by atomic mass is 9.95. The number of anilines is 1. The maximum Gasteiger partial charge on any atom is 0.322 e. The van der Waals surface area contributed by atoms with Crippen LogP contribution in [-0.4, -0.2) is 22.0 Å². The first kappa shape index (κ1) is 15.7. The Kier molecular flexibility index (Phi) is 3.85. The van der Waals surface area contributed by atoms with E-state index in [0.29, 0.717) is 22.2 Å².